The van der Waals surface area contributed by atoms with Crippen LogP contribution in [-0.4, -0.2) is 74.3 Å². The molecule has 0 radical (unpaired) electrons. The van der Waals surface area contributed by atoms with Gasteiger partial charge in [-0.05, 0) is 68.4 Å². The minimum Gasteiger partial charge on any atom is -0.496 e. The summed E-state index contributed by atoms with van der Waals surface area (Å²) in [6, 6.07) is 5.43. The molecule has 2 aromatic carbocycles. The van der Waals surface area contributed by atoms with Gasteiger partial charge in [0.1, 0.15) is 23.7 Å². The second-order valence-electron chi connectivity index (χ2n) is 10.5. The molecule has 1 fully saturated rings. The predicted molar refractivity (Wildman–Crippen MR) is 157 cm³/mol. The molecule has 2 aromatic rings. The normalized spacial score (nSPS) is 15.0. The van der Waals surface area contributed by atoms with Gasteiger partial charge in [-0.15, -0.1) is 0 Å². The standard InChI is InChI=1S/C29H39N5O7S/c1-17-14-24(41-4)18(2)19(3)26(17)42(39,40)33-22(16-25(35)36)28(37)32-23(29(38)34-12-6-5-7-13-34)15-20-8-10-21(11-9-20)27(30)31/h8-11,14,22-23,33H,5-7,12-13,15-16H2,1-4H3,(H3,30,31)(H,32,37)(H,35,36)/t22-,23+/m1/s1. The Morgan fingerprint density at radius 2 is 1.67 bits per heavy atom. The molecule has 12 nitrogen and oxygen atoms in total. The third-order valence-corrected chi connectivity index (χ3v) is 9.21. The molecule has 0 spiro atoms. The molecular formula is C29H39N5O7S. The maximum atomic E-state index is 13.5. The van der Waals surface area contributed by atoms with Crippen LogP contribution < -0.4 is 20.5 Å². The highest BCUT2D eigenvalue weighted by Crippen LogP contribution is 2.30. The number of carboxylic acids is 1. The molecule has 1 aliphatic heterocycles. The lowest BCUT2D eigenvalue weighted by atomic mass is 10.0. The highest BCUT2D eigenvalue weighted by atomic mass is 32.2. The fourth-order valence-electron chi connectivity index (χ4n) is 5.12. The van der Waals surface area contributed by atoms with Crippen molar-refractivity contribution in [2.75, 3.05) is 20.2 Å². The summed E-state index contributed by atoms with van der Waals surface area (Å²) in [6.45, 7) is 5.94. The first kappa shape index (κ1) is 32.5. The van der Waals surface area contributed by atoms with Crippen LogP contribution in [-0.2, 0) is 30.8 Å². The molecule has 2 amide bonds. The predicted octanol–water partition coefficient (Wildman–Crippen LogP) is 1.77. The molecule has 0 unspecified atom stereocenters. The van der Waals surface area contributed by atoms with Gasteiger partial charge in [0.05, 0.1) is 18.4 Å². The lowest BCUT2D eigenvalue weighted by Crippen LogP contribution is -2.56. The Kier molecular flexibility index (Phi) is 10.7. The van der Waals surface area contributed by atoms with E-state index in [2.05, 4.69) is 10.0 Å². The number of piperidine rings is 1. The summed E-state index contributed by atoms with van der Waals surface area (Å²) in [5, 5.41) is 19.8. The van der Waals surface area contributed by atoms with E-state index < -0.39 is 40.4 Å². The number of nitrogens with two attached hydrogens (primary N) is 1. The number of aliphatic carboxylic acids is 1. The van der Waals surface area contributed by atoms with Gasteiger partial charge >= 0.3 is 5.97 Å². The quantitative estimate of drug-likeness (QED) is 0.179. The summed E-state index contributed by atoms with van der Waals surface area (Å²) in [7, 11) is -2.89. The smallest absolute Gasteiger partial charge is 0.305 e. The van der Waals surface area contributed by atoms with Crippen molar-refractivity contribution in [2.45, 2.75) is 69.9 Å². The molecule has 13 heteroatoms. The zero-order valence-corrected chi connectivity index (χ0v) is 25.1. The first-order valence-corrected chi connectivity index (χ1v) is 15.1. The largest absolute Gasteiger partial charge is 0.496 e. The van der Waals surface area contributed by atoms with Gasteiger partial charge in [-0.1, -0.05) is 24.3 Å². The van der Waals surface area contributed by atoms with Crippen molar-refractivity contribution in [2.24, 2.45) is 5.73 Å². The number of amidine groups is 1. The molecule has 42 heavy (non-hydrogen) atoms. The number of carboxylic acid groups (broad SMARTS) is 1. The number of nitrogens with zero attached hydrogens (tertiary/aromatic N) is 1. The number of nitrogens with one attached hydrogen (secondary N) is 3. The number of sulfonamides is 1. The van der Waals surface area contributed by atoms with E-state index in [1.165, 1.54) is 7.11 Å². The van der Waals surface area contributed by atoms with Crippen LogP contribution in [0.25, 0.3) is 0 Å². The number of carbonyl (C=O) groups excluding carboxylic acids is 2. The summed E-state index contributed by atoms with van der Waals surface area (Å²) in [4.78, 5) is 40.4. The van der Waals surface area contributed by atoms with Crippen molar-refractivity contribution >= 4 is 33.6 Å². The monoisotopic (exact) mass is 601 g/mol. The molecule has 0 saturated carbocycles. The number of amides is 2. The molecule has 0 bridgehead atoms. The van der Waals surface area contributed by atoms with Crippen LogP contribution in [0.15, 0.2) is 35.2 Å². The molecule has 228 valence electrons. The van der Waals surface area contributed by atoms with E-state index in [0.717, 1.165) is 19.3 Å². The molecule has 2 atom stereocenters. The number of benzene rings is 2. The second-order valence-corrected chi connectivity index (χ2v) is 12.2. The average molecular weight is 602 g/mol. The minimum absolute atomic E-state index is 0.0711. The Bertz CT molecular complexity index is 1450. The number of methoxy groups -OCH3 is 1. The van der Waals surface area contributed by atoms with Gasteiger partial charge in [-0.3, -0.25) is 19.8 Å². The van der Waals surface area contributed by atoms with Gasteiger partial charge in [0.2, 0.25) is 21.8 Å². The number of aryl methyl sites for hydroxylation is 1. The van der Waals surface area contributed by atoms with Crippen LogP contribution in [0.5, 0.6) is 5.75 Å². The molecule has 0 aliphatic carbocycles. The molecule has 1 heterocycles. The van der Waals surface area contributed by atoms with Crippen LogP contribution >= 0.6 is 0 Å². The van der Waals surface area contributed by atoms with Gasteiger partial charge in [0, 0.05) is 25.1 Å². The van der Waals surface area contributed by atoms with E-state index >= 15 is 0 Å². The molecule has 3 rings (SSSR count). The van der Waals surface area contributed by atoms with Crippen molar-refractivity contribution in [1.82, 2.24) is 14.9 Å². The molecule has 0 aromatic heterocycles. The highest BCUT2D eigenvalue weighted by Gasteiger charge is 2.34. The lowest BCUT2D eigenvalue weighted by Gasteiger charge is -2.31. The Morgan fingerprint density at radius 1 is 1.05 bits per heavy atom. The number of nitrogen functional groups attached to an aromatic ring is 1. The van der Waals surface area contributed by atoms with Crippen molar-refractivity contribution in [1.29, 1.82) is 5.41 Å². The number of hydrogen-bond donors (Lipinski definition) is 5. The number of carbonyl (C=O) groups is 3. The van der Waals surface area contributed by atoms with Gasteiger partial charge in [0.25, 0.3) is 0 Å². The summed E-state index contributed by atoms with van der Waals surface area (Å²) >= 11 is 0. The van der Waals surface area contributed by atoms with Crippen molar-refractivity contribution in [3.8, 4) is 5.75 Å². The minimum atomic E-state index is -4.36. The Balaban J connectivity index is 1.92. The summed E-state index contributed by atoms with van der Waals surface area (Å²) in [5.41, 5.74) is 8.07. The molecule has 6 N–H and O–H groups in total. The van der Waals surface area contributed by atoms with Crippen molar-refractivity contribution < 1.29 is 32.6 Å². The SMILES string of the molecule is COc1cc(C)c(S(=O)(=O)N[C@H](CC(=O)O)C(=O)N[C@@H](Cc2ccc(C(=N)N)cc2)C(=O)N2CCCCC2)c(C)c1C. The van der Waals surface area contributed by atoms with E-state index in [1.807, 2.05) is 0 Å². The maximum Gasteiger partial charge on any atom is 0.305 e. The van der Waals surface area contributed by atoms with E-state index in [4.69, 9.17) is 15.9 Å². The van der Waals surface area contributed by atoms with Crippen LogP contribution in [0, 0.1) is 26.2 Å². The summed E-state index contributed by atoms with van der Waals surface area (Å²) in [5.74, 6) is -2.28. The topological polar surface area (TPSA) is 192 Å². The maximum absolute atomic E-state index is 13.5. The number of rotatable bonds is 12. The average Bonchev–Trinajstić information content (AvgIpc) is 2.94. The zero-order chi connectivity index (χ0) is 31.2. The zero-order valence-electron chi connectivity index (χ0n) is 24.3. The Morgan fingerprint density at radius 3 is 2.21 bits per heavy atom. The van der Waals surface area contributed by atoms with E-state index in [9.17, 15) is 27.9 Å². The third kappa shape index (κ3) is 7.85. The Labute approximate surface area is 246 Å². The summed E-state index contributed by atoms with van der Waals surface area (Å²) in [6.07, 6.45) is 1.86. The van der Waals surface area contributed by atoms with E-state index in [1.54, 1.807) is 56.0 Å². The lowest BCUT2D eigenvalue weighted by molar-refractivity contribution is -0.140. The molecule has 1 aliphatic rings. The first-order chi connectivity index (χ1) is 19.7. The van der Waals surface area contributed by atoms with E-state index in [-0.39, 0.29) is 23.1 Å². The number of hydrogen-bond acceptors (Lipinski definition) is 7. The van der Waals surface area contributed by atoms with Crippen LogP contribution in [0.3, 0.4) is 0 Å². The number of likely N-dealkylation sites (tertiary alicyclic amines) is 1. The van der Waals surface area contributed by atoms with Gasteiger partial charge in [-0.2, -0.15) is 4.72 Å². The second kappa shape index (κ2) is 13.8. The summed E-state index contributed by atoms with van der Waals surface area (Å²) < 4.78 is 34.7. The third-order valence-electron chi connectivity index (χ3n) is 7.45. The number of ether oxygens (including phenoxy) is 1. The van der Waals surface area contributed by atoms with Crippen LogP contribution in [0.4, 0.5) is 0 Å². The van der Waals surface area contributed by atoms with Crippen LogP contribution in [0.1, 0.15) is 53.5 Å². The Hall–Kier alpha value is -3.97. The fraction of sp³-hybridized carbons (Fsp3) is 0.448. The van der Waals surface area contributed by atoms with Gasteiger partial charge < -0.3 is 25.8 Å². The molecular weight excluding hydrogens is 562 g/mol. The van der Waals surface area contributed by atoms with Gasteiger partial charge in [0.15, 0.2) is 0 Å². The van der Waals surface area contributed by atoms with E-state index in [0.29, 0.717) is 46.7 Å². The van der Waals surface area contributed by atoms with Crippen LogP contribution in [0.2, 0.25) is 0 Å². The van der Waals surface area contributed by atoms with Gasteiger partial charge in [-0.25, -0.2) is 8.42 Å². The van der Waals surface area contributed by atoms with Crippen molar-refractivity contribution in [3.05, 3.63) is 58.1 Å². The van der Waals surface area contributed by atoms with Crippen molar-refractivity contribution in [3.63, 3.8) is 0 Å². The molecule has 1 saturated heterocycles. The fourth-order valence-corrected chi connectivity index (χ4v) is 6.84. The highest BCUT2D eigenvalue weighted by molar-refractivity contribution is 7.89. The first-order valence-electron chi connectivity index (χ1n) is 13.7.